The van der Waals surface area contributed by atoms with Crippen LogP contribution in [0.15, 0.2) is 58.3 Å². The number of nitrogens with zero attached hydrogens (tertiary/aromatic N) is 3. The van der Waals surface area contributed by atoms with Gasteiger partial charge in [0, 0.05) is 12.2 Å². The summed E-state index contributed by atoms with van der Waals surface area (Å²) in [6.07, 6.45) is 1.60. The summed E-state index contributed by atoms with van der Waals surface area (Å²) in [5.41, 5.74) is 0.781. The molecule has 124 valence electrons. The lowest BCUT2D eigenvalue weighted by molar-refractivity contribution is -0.115. The average Bonchev–Trinajstić information content (AvgIpc) is 3.24. The van der Waals surface area contributed by atoms with Crippen molar-refractivity contribution >= 4 is 23.4 Å². The highest BCUT2D eigenvalue weighted by molar-refractivity contribution is 8.00. The Balaban J connectivity index is 1.72. The van der Waals surface area contributed by atoms with Crippen LogP contribution >= 0.6 is 11.8 Å². The molecule has 1 N–H and O–H groups in total. The van der Waals surface area contributed by atoms with E-state index in [1.165, 1.54) is 11.8 Å². The number of thioether (sulfide) groups is 1. The van der Waals surface area contributed by atoms with E-state index in [1.54, 1.807) is 6.26 Å². The van der Waals surface area contributed by atoms with Gasteiger partial charge >= 0.3 is 0 Å². The molecule has 1 amide bonds. The Morgan fingerprint density at radius 2 is 2.04 bits per heavy atom. The zero-order chi connectivity index (χ0) is 16.9. The fraction of sp³-hybridized carbons (Fsp3) is 0.235. The van der Waals surface area contributed by atoms with Gasteiger partial charge in [-0.3, -0.25) is 9.36 Å². The van der Waals surface area contributed by atoms with Crippen LogP contribution in [0, 0.1) is 0 Å². The summed E-state index contributed by atoms with van der Waals surface area (Å²) in [6, 6.07) is 13.1. The van der Waals surface area contributed by atoms with Crippen LogP contribution in [0.5, 0.6) is 0 Å². The zero-order valence-electron chi connectivity index (χ0n) is 13.5. The summed E-state index contributed by atoms with van der Waals surface area (Å²) in [7, 11) is 0. The van der Waals surface area contributed by atoms with Crippen molar-refractivity contribution in [3.8, 4) is 11.6 Å². The van der Waals surface area contributed by atoms with Crippen LogP contribution in [0.2, 0.25) is 0 Å². The molecule has 2 heterocycles. The van der Waals surface area contributed by atoms with Crippen LogP contribution in [0.4, 0.5) is 5.69 Å². The summed E-state index contributed by atoms with van der Waals surface area (Å²) in [5.74, 6) is 1.26. The molecule has 0 spiro atoms. The van der Waals surface area contributed by atoms with Crippen molar-refractivity contribution in [3.05, 3.63) is 48.7 Å². The van der Waals surface area contributed by atoms with Crippen molar-refractivity contribution in [3.63, 3.8) is 0 Å². The fourth-order valence-corrected chi connectivity index (χ4v) is 3.14. The number of furan rings is 1. The predicted molar refractivity (Wildman–Crippen MR) is 93.8 cm³/mol. The molecule has 1 atom stereocenters. The molecule has 24 heavy (non-hydrogen) atoms. The smallest absolute Gasteiger partial charge is 0.237 e. The molecular formula is C17H18N4O2S. The molecule has 0 aliphatic heterocycles. The Morgan fingerprint density at radius 3 is 2.71 bits per heavy atom. The monoisotopic (exact) mass is 342 g/mol. The topological polar surface area (TPSA) is 73.0 Å². The second-order valence-electron chi connectivity index (χ2n) is 5.14. The second-order valence-corrected chi connectivity index (χ2v) is 6.45. The minimum absolute atomic E-state index is 0.0728. The van der Waals surface area contributed by atoms with Crippen LogP contribution in [0.3, 0.4) is 0 Å². The first-order valence-corrected chi connectivity index (χ1v) is 8.56. The molecule has 0 saturated heterocycles. The van der Waals surface area contributed by atoms with Crippen molar-refractivity contribution in [1.82, 2.24) is 14.8 Å². The van der Waals surface area contributed by atoms with Gasteiger partial charge in [0.15, 0.2) is 16.7 Å². The average molecular weight is 342 g/mol. The number of para-hydroxylation sites is 1. The number of carbonyl (C=O) groups excluding carboxylic acids is 1. The second kappa shape index (κ2) is 7.35. The molecule has 2 aromatic heterocycles. The predicted octanol–water partition coefficient (Wildman–Crippen LogP) is 3.68. The quantitative estimate of drug-likeness (QED) is 0.692. The Morgan fingerprint density at radius 1 is 1.25 bits per heavy atom. The number of amides is 1. The molecule has 0 aliphatic carbocycles. The molecule has 6 nitrogen and oxygen atoms in total. The van der Waals surface area contributed by atoms with Crippen molar-refractivity contribution in [2.75, 3.05) is 5.32 Å². The first-order valence-electron chi connectivity index (χ1n) is 7.68. The van der Waals surface area contributed by atoms with E-state index < -0.39 is 0 Å². The number of benzene rings is 1. The molecular weight excluding hydrogens is 324 g/mol. The largest absolute Gasteiger partial charge is 0.461 e. The van der Waals surface area contributed by atoms with Gasteiger partial charge in [-0.15, -0.1) is 10.2 Å². The third kappa shape index (κ3) is 3.51. The van der Waals surface area contributed by atoms with E-state index in [-0.39, 0.29) is 11.2 Å². The molecule has 7 heteroatoms. The SMILES string of the molecule is CCn1c(S[C@@H](C)C(=O)Nc2ccccc2)nnc1-c1ccco1. The van der Waals surface area contributed by atoms with E-state index in [4.69, 9.17) is 4.42 Å². The van der Waals surface area contributed by atoms with E-state index in [0.29, 0.717) is 23.3 Å². The van der Waals surface area contributed by atoms with E-state index >= 15 is 0 Å². The highest BCUT2D eigenvalue weighted by atomic mass is 32.2. The Kier molecular flexibility index (Phi) is 5.00. The highest BCUT2D eigenvalue weighted by Gasteiger charge is 2.21. The maximum absolute atomic E-state index is 12.3. The van der Waals surface area contributed by atoms with Gasteiger partial charge in [0.25, 0.3) is 0 Å². The van der Waals surface area contributed by atoms with Gasteiger partial charge < -0.3 is 9.73 Å². The van der Waals surface area contributed by atoms with Crippen LogP contribution in [-0.4, -0.2) is 25.9 Å². The van der Waals surface area contributed by atoms with Gasteiger partial charge in [0.2, 0.25) is 5.91 Å². The number of rotatable bonds is 6. The normalized spacial score (nSPS) is 12.1. The van der Waals surface area contributed by atoms with Crippen LogP contribution in [-0.2, 0) is 11.3 Å². The molecule has 0 unspecified atom stereocenters. The van der Waals surface area contributed by atoms with Gasteiger partial charge in [-0.05, 0) is 38.1 Å². The number of carbonyl (C=O) groups is 1. The van der Waals surface area contributed by atoms with Crippen LogP contribution in [0.1, 0.15) is 13.8 Å². The van der Waals surface area contributed by atoms with E-state index in [9.17, 15) is 4.79 Å². The molecule has 3 aromatic rings. The van der Waals surface area contributed by atoms with Crippen molar-refractivity contribution in [2.45, 2.75) is 30.8 Å². The molecule has 0 saturated carbocycles. The lowest BCUT2D eigenvalue weighted by atomic mass is 10.3. The van der Waals surface area contributed by atoms with Crippen LogP contribution in [0.25, 0.3) is 11.6 Å². The Bertz CT molecular complexity index is 799. The number of hydrogen-bond acceptors (Lipinski definition) is 5. The summed E-state index contributed by atoms with van der Waals surface area (Å²) in [5, 5.41) is 11.7. The van der Waals surface area contributed by atoms with Crippen molar-refractivity contribution in [1.29, 1.82) is 0 Å². The highest BCUT2D eigenvalue weighted by Crippen LogP contribution is 2.27. The third-order valence-corrected chi connectivity index (χ3v) is 4.55. The number of aromatic nitrogens is 3. The Labute approximate surface area is 144 Å². The zero-order valence-corrected chi connectivity index (χ0v) is 14.3. The van der Waals surface area contributed by atoms with Crippen LogP contribution < -0.4 is 5.32 Å². The van der Waals surface area contributed by atoms with Gasteiger partial charge in [0.1, 0.15) is 0 Å². The summed E-state index contributed by atoms with van der Waals surface area (Å²) >= 11 is 1.38. The minimum Gasteiger partial charge on any atom is -0.461 e. The number of nitrogens with one attached hydrogen (secondary N) is 1. The third-order valence-electron chi connectivity index (χ3n) is 3.47. The summed E-state index contributed by atoms with van der Waals surface area (Å²) in [6.45, 7) is 4.55. The molecule has 0 radical (unpaired) electrons. The van der Waals surface area contributed by atoms with E-state index in [1.807, 2.05) is 60.9 Å². The fourth-order valence-electron chi connectivity index (χ4n) is 2.23. The van der Waals surface area contributed by atoms with E-state index in [0.717, 1.165) is 5.69 Å². The van der Waals surface area contributed by atoms with Crippen molar-refractivity contribution < 1.29 is 9.21 Å². The first-order chi connectivity index (χ1) is 11.7. The molecule has 0 fully saturated rings. The molecule has 1 aromatic carbocycles. The molecule has 3 rings (SSSR count). The lowest BCUT2D eigenvalue weighted by Gasteiger charge is -2.12. The van der Waals surface area contributed by atoms with Gasteiger partial charge in [-0.25, -0.2) is 0 Å². The number of hydrogen-bond donors (Lipinski definition) is 1. The van der Waals surface area contributed by atoms with Crippen molar-refractivity contribution in [2.24, 2.45) is 0 Å². The minimum atomic E-state index is -0.302. The van der Waals surface area contributed by atoms with Gasteiger partial charge in [0.05, 0.1) is 11.5 Å². The summed E-state index contributed by atoms with van der Waals surface area (Å²) < 4.78 is 7.34. The molecule has 0 aliphatic rings. The number of anilines is 1. The maximum Gasteiger partial charge on any atom is 0.237 e. The summed E-state index contributed by atoms with van der Waals surface area (Å²) in [4.78, 5) is 12.3. The first kappa shape index (κ1) is 16.3. The molecule has 0 bridgehead atoms. The standard InChI is InChI=1S/C17H18N4O2S/c1-3-21-15(14-10-7-11-23-14)19-20-17(21)24-12(2)16(22)18-13-8-5-4-6-9-13/h4-12H,3H2,1-2H3,(H,18,22)/t12-/m0/s1. The van der Waals surface area contributed by atoms with Gasteiger partial charge in [-0.1, -0.05) is 30.0 Å². The Hall–Kier alpha value is -2.54. The lowest BCUT2D eigenvalue weighted by Crippen LogP contribution is -2.22. The van der Waals surface area contributed by atoms with E-state index in [2.05, 4.69) is 15.5 Å². The van der Waals surface area contributed by atoms with Gasteiger partial charge in [-0.2, -0.15) is 0 Å². The maximum atomic E-state index is 12.3.